The third-order valence-electron chi connectivity index (χ3n) is 3.41. The van der Waals surface area contributed by atoms with Crippen molar-refractivity contribution in [3.63, 3.8) is 0 Å². The van der Waals surface area contributed by atoms with Gasteiger partial charge in [0.05, 0.1) is 11.0 Å². The molecule has 0 unspecified atom stereocenters. The molecule has 0 radical (unpaired) electrons. The molecule has 1 fully saturated rings. The summed E-state index contributed by atoms with van der Waals surface area (Å²) < 4.78 is 12.6. The summed E-state index contributed by atoms with van der Waals surface area (Å²) in [5.41, 5.74) is -0.438. The van der Waals surface area contributed by atoms with Crippen LogP contribution in [-0.4, -0.2) is 35.7 Å². The maximum atomic E-state index is 12.0. The van der Waals surface area contributed by atoms with E-state index in [1.54, 1.807) is 4.90 Å². The minimum absolute atomic E-state index is 0.218. The minimum atomic E-state index is -0.438. The molecule has 0 spiro atoms. The summed E-state index contributed by atoms with van der Waals surface area (Å²) in [6, 6.07) is 2.34. The van der Waals surface area contributed by atoms with Crippen molar-refractivity contribution in [3.8, 4) is 0 Å². The predicted octanol–water partition coefficient (Wildman–Crippen LogP) is 4.29. The molecule has 0 bridgehead atoms. The fourth-order valence-electron chi connectivity index (χ4n) is 2.32. The van der Waals surface area contributed by atoms with Gasteiger partial charge in [-0.25, -0.2) is 4.79 Å². The zero-order valence-corrected chi connectivity index (χ0v) is 16.3. The van der Waals surface area contributed by atoms with Crippen molar-refractivity contribution < 1.29 is 13.9 Å². The molecular formula is C15H22Br2N2O3. The predicted molar refractivity (Wildman–Crippen MR) is 91.8 cm³/mol. The van der Waals surface area contributed by atoms with Crippen molar-refractivity contribution in [2.75, 3.05) is 13.1 Å². The van der Waals surface area contributed by atoms with Crippen molar-refractivity contribution >= 4 is 38.0 Å². The van der Waals surface area contributed by atoms with E-state index >= 15 is 0 Å². The first kappa shape index (κ1) is 17.8. The molecule has 7 heteroatoms. The summed E-state index contributed by atoms with van der Waals surface area (Å²) in [7, 11) is 0. The number of nitrogens with one attached hydrogen (secondary N) is 1. The summed E-state index contributed by atoms with van der Waals surface area (Å²) in [4.78, 5) is 13.8. The lowest BCUT2D eigenvalue weighted by Crippen LogP contribution is -2.46. The second-order valence-corrected chi connectivity index (χ2v) is 8.03. The molecule has 1 saturated heterocycles. The van der Waals surface area contributed by atoms with Crippen LogP contribution >= 0.6 is 31.9 Å². The Kier molecular flexibility index (Phi) is 5.96. The lowest BCUT2D eigenvalue weighted by atomic mass is 10.1. The second-order valence-electron chi connectivity index (χ2n) is 6.46. The molecule has 1 aliphatic heterocycles. The van der Waals surface area contributed by atoms with E-state index in [-0.39, 0.29) is 6.09 Å². The van der Waals surface area contributed by atoms with Crippen molar-refractivity contribution in [2.24, 2.45) is 0 Å². The Hall–Kier alpha value is -0.530. The van der Waals surface area contributed by atoms with Crippen LogP contribution in [-0.2, 0) is 11.3 Å². The standard InChI is InChI=1S/C15H22Br2N2O3/c1-15(2,3)22-14(20)19-6-4-10(5-7-19)18-9-11-8-12(16)13(17)21-11/h8,10,18H,4-7,9H2,1-3H3. The van der Waals surface area contributed by atoms with Crippen LogP contribution in [0.25, 0.3) is 0 Å². The zero-order chi connectivity index (χ0) is 16.3. The molecule has 0 atom stereocenters. The normalized spacial score (nSPS) is 16.9. The Morgan fingerprint density at radius 2 is 2.05 bits per heavy atom. The van der Waals surface area contributed by atoms with E-state index in [0.717, 1.165) is 36.2 Å². The Morgan fingerprint density at radius 1 is 1.41 bits per heavy atom. The molecule has 2 heterocycles. The highest BCUT2D eigenvalue weighted by molar-refractivity contribution is 9.13. The van der Waals surface area contributed by atoms with Crippen molar-refractivity contribution in [2.45, 2.75) is 51.8 Å². The fourth-order valence-corrected chi connectivity index (χ4v) is 2.97. The number of carbonyl (C=O) groups is 1. The van der Waals surface area contributed by atoms with Gasteiger partial charge in [0, 0.05) is 19.1 Å². The summed E-state index contributed by atoms with van der Waals surface area (Å²) in [6.45, 7) is 7.79. The van der Waals surface area contributed by atoms with E-state index in [0.29, 0.717) is 17.3 Å². The van der Waals surface area contributed by atoms with Gasteiger partial charge in [-0.05, 0) is 71.5 Å². The first-order valence-electron chi connectivity index (χ1n) is 7.39. The molecule has 0 saturated carbocycles. The highest BCUT2D eigenvalue weighted by Gasteiger charge is 2.26. The number of carbonyl (C=O) groups excluding carboxylic acids is 1. The van der Waals surface area contributed by atoms with Crippen LogP contribution in [0, 0.1) is 0 Å². The lowest BCUT2D eigenvalue weighted by molar-refractivity contribution is 0.0197. The maximum Gasteiger partial charge on any atom is 0.410 e. The molecular weight excluding hydrogens is 416 g/mol. The zero-order valence-electron chi connectivity index (χ0n) is 13.1. The van der Waals surface area contributed by atoms with Crippen molar-refractivity contribution in [3.05, 3.63) is 21.0 Å². The average Bonchev–Trinajstić information content (AvgIpc) is 2.74. The number of hydrogen-bond acceptors (Lipinski definition) is 4. The Bertz CT molecular complexity index is 498. The molecule has 5 nitrogen and oxygen atoms in total. The number of rotatable bonds is 3. The van der Waals surface area contributed by atoms with E-state index in [1.165, 1.54) is 0 Å². The molecule has 0 aromatic carbocycles. The van der Waals surface area contributed by atoms with E-state index in [4.69, 9.17) is 9.15 Å². The number of furan rings is 1. The number of halogens is 2. The van der Waals surface area contributed by atoms with E-state index < -0.39 is 5.60 Å². The number of piperidine rings is 1. The second kappa shape index (κ2) is 7.36. The maximum absolute atomic E-state index is 12.0. The van der Waals surface area contributed by atoms with Crippen LogP contribution in [0.1, 0.15) is 39.4 Å². The largest absolute Gasteiger partial charge is 0.452 e. The monoisotopic (exact) mass is 436 g/mol. The van der Waals surface area contributed by atoms with Gasteiger partial charge < -0.3 is 19.4 Å². The van der Waals surface area contributed by atoms with Gasteiger partial charge in [0.15, 0.2) is 4.67 Å². The van der Waals surface area contributed by atoms with Gasteiger partial charge in [-0.15, -0.1) is 0 Å². The summed E-state index contributed by atoms with van der Waals surface area (Å²) in [5.74, 6) is 0.883. The molecule has 1 amide bonds. The average molecular weight is 438 g/mol. The van der Waals surface area contributed by atoms with Gasteiger partial charge in [0.1, 0.15) is 11.4 Å². The van der Waals surface area contributed by atoms with Crippen LogP contribution in [0.3, 0.4) is 0 Å². The van der Waals surface area contributed by atoms with E-state index in [2.05, 4.69) is 37.2 Å². The Labute approximate surface area is 148 Å². The molecule has 124 valence electrons. The molecule has 1 aliphatic rings. The minimum Gasteiger partial charge on any atom is -0.452 e. The van der Waals surface area contributed by atoms with Gasteiger partial charge >= 0.3 is 6.09 Å². The van der Waals surface area contributed by atoms with Crippen molar-refractivity contribution in [1.29, 1.82) is 0 Å². The number of amides is 1. The molecule has 22 heavy (non-hydrogen) atoms. The van der Waals surface area contributed by atoms with E-state index in [9.17, 15) is 4.79 Å². The number of hydrogen-bond donors (Lipinski definition) is 1. The van der Waals surface area contributed by atoms with Gasteiger partial charge in [0.2, 0.25) is 0 Å². The molecule has 1 aromatic rings. The molecule has 1 aromatic heterocycles. The first-order chi connectivity index (χ1) is 10.2. The highest BCUT2D eigenvalue weighted by Crippen LogP contribution is 2.26. The highest BCUT2D eigenvalue weighted by atomic mass is 79.9. The number of likely N-dealkylation sites (tertiary alicyclic amines) is 1. The first-order valence-corrected chi connectivity index (χ1v) is 8.98. The third-order valence-corrected chi connectivity index (χ3v) is 5.12. The number of nitrogens with zero attached hydrogens (tertiary/aromatic N) is 1. The Balaban J connectivity index is 1.74. The summed E-state index contributed by atoms with van der Waals surface area (Å²) in [5, 5.41) is 3.47. The number of ether oxygens (including phenoxy) is 1. The summed E-state index contributed by atoms with van der Waals surface area (Å²) in [6.07, 6.45) is 1.62. The SMILES string of the molecule is CC(C)(C)OC(=O)N1CCC(NCc2cc(Br)c(Br)o2)CC1. The molecule has 2 rings (SSSR count). The quantitative estimate of drug-likeness (QED) is 0.765. The Morgan fingerprint density at radius 3 is 2.55 bits per heavy atom. The molecule has 1 N–H and O–H groups in total. The topological polar surface area (TPSA) is 54.7 Å². The van der Waals surface area contributed by atoms with Gasteiger partial charge in [-0.2, -0.15) is 0 Å². The fraction of sp³-hybridized carbons (Fsp3) is 0.667. The van der Waals surface area contributed by atoms with Crippen LogP contribution < -0.4 is 5.32 Å². The lowest BCUT2D eigenvalue weighted by Gasteiger charge is -2.33. The summed E-state index contributed by atoms with van der Waals surface area (Å²) >= 11 is 6.73. The van der Waals surface area contributed by atoms with Crippen LogP contribution in [0.15, 0.2) is 19.6 Å². The van der Waals surface area contributed by atoms with Crippen LogP contribution in [0.2, 0.25) is 0 Å². The van der Waals surface area contributed by atoms with Crippen LogP contribution in [0.5, 0.6) is 0 Å². The molecule has 0 aliphatic carbocycles. The van der Waals surface area contributed by atoms with E-state index in [1.807, 2.05) is 26.8 Å². The smallest absolute Gasteiger partial charge is 0.410 e. The van der Waals surface area contributed by atoms with Crippen LogP contribution in [0.4, 0.5) is 4.79 Å². The van der Waals surface area contributed by atoms with Gasteiger partial charge in [0.25, 0.3) is 0 Å². The third kappa shape index (κ3) is 5.28. The van der Waals surface area contributed by atoms with Crippen molar-refractivity contribution in [1.82, 2.24) is 10.2 Å². The van der Waals surface area contributed by atoms with Gasteiger partial charge in [-0.3, -0.25) is 0 Å². The van der Waals surface area contributed by atoms with Gasteiger partial charge in [-0.1, -0.05) is 0 Å².